The van der Waals surface area contributed by atoms with Gasteiger partial charge in [0, 0.05) is 24.0 Å². The summed E-state index contributed by atoms with van der Waals surface area (Å²) in [5, 5.41) is 5.66. The molecule has 1 aromatic rings. The van der Waals surface area contributed by atoms with Crippen molar-refractivity contribution in [2.24, 2.45) is 5.92 Å². The standard InChI is InChI=1S/C14H23N3O3/c1-5-15-12-6-11(4)17(13(18)7-12)9-16-14(19)20-8-10(2)3/h6-7,10,15H,5,8-9H2,1-4H3,(H,16,19). The molecule has 0 unspecified atom stereocenters. The van der Waals surface area contributed by atoms with Crippen molar-refractivity contribution in [3.05, 3.63) is 28.2 Å². The second kappa shape index (κ2) is 7.57. The fourth-order valence-corrected chi connectivity index (χ4v) is 1.68. The van der Waals surface area contributed by atoms with Crippen LogP contribution in [0.3, 0.4) is 0 Å². The number of rotatable bonds is 6. The van der Waals surface area contributed by atoms with Crippen LogP contribution < -0.4 is 16.2 Å². The zero-order valence-electron chi connectivity index (χ0n) is 12.5. The Morgan fingerprint density at radius 1 is 1.40 bits per heavy atom. The van der Waals surface area contributed by atoms with Crippen LogP contribution in [-0.4, -0.2) is 23.8 Å². The highest BCUT2D eigenvalue weighted by Crippen LogP contribution is 2.06. The molecule has 1 rings (SSSR count). The lowest BCUT2D eigenvalue weighted by molar-refractivity contribution is 0.130. The van der Waals surface area contributed by atoms with Gasteiger partial charge < -0.3 is 15.4 Å². The lowest BCUT2D eigenvalue weighted by atomic mass is 10.2. The van der Waals surface area contributed by atoms with Gasteiger partial charge in [0.25, 0.3) is 5.56 Å². The lowest BCUT2D eigenvalue weighted by Gasteiger charge is -2.13. The molecule has 0 saturated carbocycles. The van der Waals surface area contributed by atoms with Gasteiger partial charge in [-0.3, -0.25) is 9.36 Å². The first-order valence-corrected chi connectivity index (χ1v) is 6.80. The van der Waals surface area contributed by atoms with E-state index in [1.807, 2.05) is 33.8 Å². The minimum Gasteiger partial charge on any atom is -0.449 e. The topological polar surface area (TPSA) is 72.4 Å². The second-order valence-electron chi connectivity index (χ2n) is 5.01. The highest BCUT2D eigenvalue weighted by Gasteiger charge is 2.06. The number of anilines is 1. The van der Waals surface area contributed by atoms with Gasteiger partial charge in [0.2, 0.25) is 0 Å². The summed E-state index contributed by atoms with van der Waals surface area (Å²) in [5.41, 5.74) is 1.40. The van der Waals surface area contributed by atoms with Crippen LogP contribution in [-0.2, 0) is 11.4 Å². The van der Waals surface area contributed by atoms with Crippen molar-refractivity contribution >= 4 is 11.8 Å². The van der Waals surface area contributed by atoms with Crippen LogP contribution >= 0.6 is 0 Å². The van der Waals surface area contributed by atoms with Crippen molar-refractivity contribution in [2.75, 3.05) is 18.5 Å². The molecule has 0 bridgehead atoms. The average Bonchev–Trinajstić information content (AvgIpc) is 2.35. The van der Waals surface area contributed by atoms with E-state index in [1.54, 1.807) is 0 Å². The molecule has 1 heterocycles. The van der Waals surface area contributed by atoms with E-state index in [2.05, 4.69) is 10.6 Å². The number of hydrogen-bond donors (Lipinski definition) is 2. The maximum absolute atomic E-state index is 11.9. The number of nitrogens with zero attached hydrogens (tertiary/aromatic N) is 1. The van der Waals surface area contributed by atoms with Crippen molar-refractivity contribution in [3.63, 3.8) is 0 Å². The van der Waals surface area contributed by atoms with Gasteiger partial charge in [-0.25, -0.2) is 4.79 Å². The maximum atomic E-state index is 11.9. The van der Waals surface area contributed by atoms with Crippen LogP contribution in [0.15, 0.2) is 16.9 Å². The van der Waals surface area contributed by atoms with E-state index in [1.165, 1.54) is 10.6 Å². The number of carbonyl (C=O) groups excluding carboxylic acids is 1. The maximum Gasteiger partial charge on any atom is 0.408 e. The number of amides is 1. The first kappa shape index (κ1) is 16.1. The monoisotopic (exact) mass is 281 g/mol. The number of carbonyl (C=O) groups is 1. The summed E-state index contributed by atoms with van der Waals surface area (Å²) in [6, 6.07) is 3.38. The number of alkyl carbamates (subject to hydrolysis) is 1. The summed E-state index contributed by atoms with van der Waals surface area (Å²) in [7, 11) is 0. The molecule has 0 spiro atoms. The van der Waals surface area contributed by atoms with Gasteiger partial charge in [-0.05, 0) is 25.8 Å². The van der Waals surface area contributed by atoms with E-state index in [9.17, 15) is 9.59 Å². The summed E-state index contributed by atoms with van der Waals surface area (Å²) < 4.78 is 6.47. The molecule has 112 valence electrons. The zero-order chi connectivity index (χ0) is 15.1. The van der Waals surface area contributed by atoms with Crippen molar-refractivity contribution in [1.29, 1.82) is 0 Å². The molecule has 1 amide bonds. The fourth-order valence-electron chi connectivity index (χ4n) is 1.68. The summed E-state index contributed by atoms with van der Waals surface area (Å²) in [4.78, 5) is 23.4. The molecule has 6 heteroatoms. The Labute approximate surface area is 119 Å². The number of aromatic nitrogens is 1. The molecule has 0 aliphatic carbocycles. The molecule has 0 aromatic carbocycles. The molecule has 0 aliphatic rings. The summed E-state index contributed by atoms with van der Waals surface area (Å²) in [6.07, 6.45) is -0.513. The molecule has 0 radical (unpaired) electrons. The predicted molar refractivity (Wildman–Crippen MR) is 78.9 cm³/mol. The van der Waals surface area contributed by atoms with Gasteiger partial charge in [0.1, 0.15) is 6.67 Å². The Kier molecular flexibility index (Phi) is 6.09. The summed E-state index contributed by atoms with van der Waals surface area (Å²) in [5.74, 6) is 0.282. The van der Waals surface area contributed by atoms with E-state index in [4.69, 9.17) is 4.74 Å². The number of hydrogen-bond acceptors (Lipinski definition) is 4. The van der Waals surface area contributed by atoms with E-state index in [0.29, 0.717) is 6.61 Å². The molecule has 6 nitrogen and oxygen atoms in total. The number of pyridine rings is 1. The third-order valence-electron chi connectivity index (χ3n) is 2.65. The predicted octanol–water partition coefficient (Wildman–Crippen LogP) is 1.93. The molecule has 0 saturated heterocycles. The summed E-state index contributed by atoms with van der Waals surface area (Å²) >= 11 is 0. The molecule has 0 fully saturated rings. The highest BCUT2D eigenvalue weighted by molar-refractivity contribution is 5.66. The van der Waals surface area contributed by atoms with E-state index >= 15 is 0 Å². The molecule has 1 aromatic heterocycles. The quantitative estimate of drug-likeness (QED) is 0.835. The highest BCUT2D eigenvalue weighted by atomic mass is 16.5. The van der Waals surface area contributed by atoms with Gasteiger partial charge in [0.05, 0.1) is 6.61 Å². The van der Waals surface area contributed by atoms with Crippen LogP contribution in [0.2, 0.25) is 0 Å². The van der Waals surface area contributed by atoms with Gasteiger partial charge in [-0.2, -0.15) is 0 Å². The van der Waals surface area contributed by atoms with Gasteiger partial charge >= 0.3 is 6.09 Å². The van der Waals surface area contributed by atoms with Crippen molar-refractivity contribution < 1.29 is 9.53 Å². The molecule has 0 aliphatic heterocycles. The Bertz CT molecular complexity index is 509. The largest absolute Gasteiger partial charge is 0.449 e. The second-order valence-corrected chi connectivity index (χ2v) is 5.01. The summed E-state index contributed by atoms with van der Waals surface area (Å²) in [6.45, 7) is 8.93. The Morgan fingerprint density at radius 3 is 2.65 bits per heavy atom. The Balaban J connectivity index is 2.64. The first-order valence-electron chi connectivity index (χ1n) is 6.80. The number of ether oxygens (including phenoxy) is 1. The van der Waals surface area contributed by atoms with Crippen molar-refractivity contribution in [2.45, 2.75) is 34.4 Å². The molecular weight excluding hydrogens is 258 g/mol. The number of nitrogens with one attached hydrogen (secondary N) is 2. The Hall–Kier alpha value is -1.98. The minimum absolute atomic E-state index is 0.105. The van der Waals surface area contributed by atoms with Crippen molar-refractivity contribution in [1.82, 2.24) is 9.88 Å². The van der Waals surface area contributed by atoms with E-state index < -0.39 is 6.09 Å². The van der Waals surface area contributed by atoms with Crippen LogP contribution in [0, 0.1) is 12.8 Å². The molecular formula is C14H23N3O3. The van der Waals surface area contributed by atoms with E-state index in [-0.39, 0.29) is 18.1 Å². The van der Waals surface area contributed by atoms with Crippen molar-refractivity contribution in [3.8, 4) is 0 Å². The SMILES string of the molecule is CCNc1cc(C)n(CNC(=O)OCC(C)C)c(=O)c1. The smallest absolute Gasteiger partial charge is 0.408 e. The first-order chi connectivity index (χ1) is 9.43. The normalized spacial score (nSPS) is 10.4. The van der Waals surface area contributed by atoms with E-state index in [0.717, 1.165) is 17.9 Å². The third-order valence-corrected chi connectivity index (χ3v) is 2.65. The fraction of sp³-hybridized carbons (Fsp3) is 0.571. The van der Waals surface area contributed by atoms with Crippen LogP contribution in [0.4, 0.5) is 10.5 Å². The molecule has 2 N–H and O–H groups in total. The van der Waals surface area contributed by atoms with Crippen LogP contribution in [0.5, 0.6) is 0 Å². The molecule has 0 atom stereocenters. The van der Waals surface area contributed by atoms with Crippen LogP contribution in [0.1, 0.15) is 26.5 Å². The lowest BCUT2D eigenvalue weighted by Crippen LogP contribution is -2.34. The van der Waals surface area contributed by atoms with Crippen LogP contribution in [0.25, 0.3) is 0 Å². The minimum atomic E-state index is -0.513. The number of aryl methyl sites for hydroxylation is 1. The Morgan fingerprint density at radius 2 is 2.10 bits per heavy atom. The molecule has 20 heavy (non-hydrogen) atoms. The zero-order valence-corrected chi connectivity index (χ0v) is 12.5. The third kappa shape index (κ3) is 4.95. The average molecular weight is 281 g/mol. The van der Waals surface area contributed by atoms with Gasteiger partial charge in [-0.15, -0.1) is 0 Å². The van der Waals surface area contributed by atoms with Gasteiger partial charge in [0.15, 0.2) is 0 Å². The van der Waals surface area contributed by atoms with Gasteiger partial charge in [-0.1, -0.05) is 13.8 Å².